The van der Waals surface area contributed by atoms with E-state index in [0.29, 0.717) is 0 Å². The van der Waals surface area contributed by atoms with Gasteiger partial charge in [-0.2, -0.15) is 0 Å². The van der Waals surface area contributed by atoms with Crippen molar-refractivity contribution in [3.8, 4) is 0 Å². The maximum atomic E-state index is 6.57. The normalized spacial score (nSPS) is 31.3. The van der Waals surface area contributed by atoms with E-state index >= 15 is 0 Å². The van der Waals surface area contributed by atoms with E-state index in [4.69, 9.17) is 5.73 Å². The molecule has 2 atom stereocenters. The molecule has 1 aliphatic carbocycles. The van der Waals surface area contributed by atoms with E-state index in [0.717, 1.165) is 17.8 Å². The van der Waals surface area contributed by atoms with E-state index in [1.807, 2.05) is 0 Å². The van der Waals surface area contributed by atoms with Gasteiger partial charge in [-0.3, -0.25) is 0 Å². The molecule has 0 radical (unpaired) electrons. The van der Waals surface area contributed by atoms with Crippen LogP contribution in [0.15, 0.2) is 0 Å². The first kappa shape index (κ1) is 14.0. The van der Waals surface area contributed by atoms with Gasteiger partial charge in [0, 0.05) is 5.54 Å². The summed E-state index contributed by atoms with van der Waals surface area (Å²) in [5, 5.41) is 0. The Morgan fingerprint density at radius 1 is 1.19 bits per heavy atom. The van der Waals surface area contributed by atoms with Gasteiger partial charge >= 0.3 is 0 Å². The zero-order chi connectivity index (χ0) is 12.2. The van der Waals surface area contributed by atoms with Gasteiger partial charge in [0.25, 0.3) is 0 Å². The van der Waals surface area contributed by atoms with E-state index in [1.165, 1.54) is 44.9 Å². The van der Waals surface area contributed by atoms with E-state index < -0.39 is 0 Å². The average molecular weight is 225 g/mol. The second-order valence-corrected chi connectivity index (χ2v) is 6.89. The monoisotopic (exact) mass is 225 g/mol. The molecule has 1 nitrogen and oxygen atoms in total. The highest BCUT2D eigenvalue weighted by Crippen LogP contribution is 2.37. The van der Waals surface area contributed by atoms with Crippen molar-refractivity contribution in [3.05, 3.63) is 0 Å². The largest absolute Gasteiger partial charge is 0.325 e. The molecule has 0 spiro atoms. The first-order valence-corrected chi connectivity index (χ1v) is 7.20. The third kappa shape index (κ3) is 4.86. The smallest absolute Gasteiger partial charge is 0.0157 e. The van der Waals surface area contributed by atoms with Gasteiger partial charge in [-0.1, -0.05) is 40.5 Å². The molecule has 1 saturated carbocycles. The minimum atomic E-state index is 0.169. The molecule has 0 aliphatic heterocycles. The summed E-state index contributed by atoms with van der Waals surface area (Å²) >= 11 is 0. The molecule has 0 aromatic heterocycles. The molecule has 1 rings (SSSR count). The van der Waals surface area contributed by atoms with Crippen molar-refractivity contribution in [2.75, 3.05) is 0 Å². The summed E-state index contributed by atoms with van der Waals surface area (Å²) in [5.41, 5.74) is 6.74. The van der Waals surface area contributed by atoms with Crippen LogP contribution in [0, 0.1) is 17.8 Å². The first-order valence-electron chi connectivity index (χ1n) is 7.20. The average Bonchev–Trinajstić information content (AvgIpc) is 2.14. The fourth-order valence-electron chi connectivity index (χ4n) is 3.19. The highest BCUT2D eigenvalue weighted by Gasteiger charge is 2.32. The predicted octanol–water partition coefficient (Wildman–Crippen LogP) is 4.36. The first-order chi connectivity index (χ1) is 7.41. The Morgan fingerprint density at radius 2 is 1.88 bits per heavy atom. The molecular formula is C15H31N. The summed E-state index contributed by atoms with van der Waals surface area (Å²) in [7, 11) is 0. The molecule has 1 heteroatoms. The molecule has 0 heterocycles. The number of hydrogen-bond donors (Lipinski definition) is 1. The quantitative estimate of drug-likeness (QED) is 0.739. The van der Waals surface area contributed by atoms with Crippen LogP contribution in [0.4, 0.5) is 0 Å². The predicted molar refractivity (Wildman–Crippen MR) is 72.4 cm³/mol. The Bertz CT molecular complexity index is 198. The van der Waals surface area contributed by atoms with Crippen molar-refractivity contribution in [2.45, 2.75) is 78.2 Å². The van der Waals surface area contributed by atoms with Gasteiger partial charge in [-0.05, 0) is 49.9 Å². The number of nitrogens with two attached hydrogens (primary N) is 1. The summed E-state index contributed by atoms with van der Waals surface area (Å²) in [6.45, 7) is 9.28. The summed E-state index contributed by atoms with van der Waals surface area (Å²) in [5.74, 6) is 2.52. The van der Waals surface area contributed by atoms with Gasteiger partial charge in [0.15, 0.2) is 0 Å². The lowest BCUT2D eigenvalue weighted by molar-refractivity contribution is 0.184. The molecule has 0 saturated heterocycles. The fraction of sp³-hybridized carbons (Fsp3) is 1.00. The Morgan fingerprint density at radius 3 is 2.44 bits per heavy atom. The molecule has 1 fully saturated rings. The second-order valence-electron chi connectivity index (χ2n) is 6.89. The maximum absolute atomic E-state index is 6.57. The van der Waals surface area contributed by atoms with Crippen LogP contribution in [-0.4, -0.2) is 5.54 Å². The number of rotatable bonds is 5. The maximum Gasteiger partial charge on any atom is 0.0157 e. The molecule has 0 bridgehead atoms. The minimum absolute atomic E-state index is 0.169. The van der Waals surface area contributed by atoms with Gasteiger partial charge in [-0.25, -0.2) is 0 Å². The van der Waals surface area contributed by atoms with Crippen LogP contribution in [0.1, 0.15) is 72.6 Å². The van der Waals surface area contributed by atoms with Crippen LogP contribution in [0.5, 0.6) is 0 Å². The summed E-state index contributed by atoms with van der Waals surface area (Å²) < 4.78 is 0. The lowest BCUT2D eigenvalue weighted by Gasteiger charge is -2.39. The van der Waals surface area contributed by atoms with Gasteiger partial charge in [-0.15, -0.1) is 0 Å². The highest BCUT2D eigenvalue weighted by atomic mass is 14.7. The highest BCUT2D eigenvalue weighted by molar-refractivity contribution is 4.90. The zero-order valence-electron chi connectivity index (χ0n) is 11.8. The van der Waals surface area contributed by atoms with E-state index in [2.05, 4.69) is 27.7 Å². The third-order valence-electron chi connectivity index (χ3n) is 4.01. The Balaban J connectivity index is 2.41. The van der Waals surface area contributed by atoms with Crippen LogP contribution in [0.3, 0.4) is 0 Å². The van der Waals surface area contributed by atoms with Crippen LogP contribution < -0.4 is 5.73 Å². The topological polar surface area (TPSA) is 26.0 Å². The van der Waals surface area contributed by atoms with Crippen molar-refractivity contribution in [3.63, 3.8) is 0 Å². The molecule has 1 aliphatic rings. The fourth-order valence-corrected chi connectivity index (χ4v) is 3.19. The van der Waals surface area contributed by atoms with Crippen molar-refractivity contribution in [1.29, 1.82) is 0 Å². The molecule has 2 unspecified atom stereocenters. The van der Waals surface area contributed by atoms with Crippen molar-refractivity contribution in [2.24, 2.45) is 23.5 Å². The van der Waals surface area contributed by atoms with Crippen molar-refractivity contribution in [1.82, 2.24) is 0 Å². The molecule has 0 aromatic rings. The van der Waals surface area contributed by atoms with Crippen LogP contribution in [0.2, 0.25) is 0 Å². The lowest BCUT2D eigenvalue weighted by atomic mass is 9.71. The summed E-state index contributed by atoms with van der Waals surface area (Å²) in [6.07, 6.45) is 9.21. The Labute approximate surface area is 102 Å². The second kappa shape index (κ2) is 6.05. The Hall–Kier alpha value is -0.0400. The molecule has 0 amide bonds. The van der Waals surface area contributed by atoms with Crippen molar-refractivity contribution < 1.29 is 0 Å². The van der Waals surface area contributed by atoms with Gasteiger partial charge < -0.3 is 5.73 Å². The minimum Gasteiger partial charge on any atom is -0.325 e. The molecule has 0 aromatic carbocycles. The summed E-state index contributed by atoms with van der Waals surface area (Å²) in [6, 6.07) is 0. The van der Waals surface area contributed by atoms with Gasteiger partial charge in [0.2, 0.25) is 0 Å². The van der Waals surface area contributed by atoms with Gasteiger partial charge in [0.05, 0.1) is 0 Å². The molecule has 16 heavy (non-hydrogen) atoms. The van der Waals surface area contributed by atoms with E-state index in [1.54, 1.807) is 0 Å². The van der Waals surface area contributed by atoms with E-state index in [-0.39, 0.29) is 5.54 Å². The van der Waals surface area contributed by atoms with E-state index in [9.17, 15) is 0 Å². The zero-order valence-corrected chi connectivity index (χ0v) is 11.8. The van der Waals surface area contributed by atoms with Crippen LogP contribution in [0.25, 0.3) is 0 Å². The standard InChI is InChI=1S/C15H31N/c1-12(2)7-9-15(16)8-5-6-14(11-15)10-13(3)4/h12-14H,5-11,16H2,1-4H3. The summed E-state index contributed by atoms with van der Waals surface area (Å²) in [4.78, 5) is 0. The third-order valence-corrected chi connectivity index (χ3v) is 4.01. The van der Waals surface area contributed by atoms with Gasteiger partial charge in [0.1, 0.15) is 0 Å². The van der Waals surface area contributed by atoms with Crippen LogP contribution >= 0.6 is 0 Å². The molecule has 2 N–H and O–H groups in total. The van der Waals surface area contributed by atoms with Crippen molar-refractivity contribution >= 4 is 0 Å². The van der Waals surface area contributed by atoms with Crippen LogP contribution in [-0.2, 0) is 0 Å². The molecular weight excluding hydrogens is 194 g/mol. The SMILES string of the molecule is CC(C)CCC1(N)CCCC(CC(C)C)C1. The lowest BCUT2D eigenvalue weighted by Crippen LogP contribution is -2.44. The molecule has 96 valence electrons. The Kier molecular flexibility index (Phi) is 5.30. The number of hydrogen-bond acceptors (Lipinski definition) is 1.